The SMILES string of the molecule is C=C[C@H]1[C@H](O[C@@H]2O[C@H](CO)[C@@H](OC(=O)/C=C/c3ccc(O)c(OC)c3)[C@H](O)[C@H]2OC(C)=O)OC=C2C(=O)OCC[C@]21O. The number of aliphatic hydroxyl groups is 3. The van der Waals surface area contributed by atoms with E-state index in [1.54, 1.807) is 0 Å². The van der Waals surface area contributed by atoms with Crippen molar-refractivity contribution in [1.82, 2.24) is 0 Å². The summed E-state index contributed by atoms with van der Waals surface area (Å²) in [7, 11) is 1.37. The fourth-order valence-corrected chi connectivity index (χ4v) is 4.93. The van der Waals surface area contributed by atoms with Gasteiger partial charge in [0.05, 0.1) is 32.5 Å². The number of cyclic esters (lactones) is 1. The van der Waals surface area contributed by atoms with Gasteiger partial charge in [0.2, 0.25) is 12.6 Å². The summed E-state index contributed by atoms with van der Waals surface area (Å²) in [5.74, 6) is -3.45. The molecule has 42 heavy (non-hydrogen) atoms. The maximum absolute atomic E-state index is 12.6. The predicted molar refractivity (Wildman–Crippen MR) is 139 cm³/mol. The van der Waals surface area contributed by atoms with Crippen LogP contribution in [-0.2, 0) is 42.8 Å². The van der Waals surface area contributed by atoms with Crippen LogP contribution in [0.2, 0.25) is 0 Å². The number of hydrogen-bond acceptors (Lipinski definition) is 14. The van der Waals surface area contributed by atoms with Gasteiger partial charge in [0, 0.05) is 19.4 Å². The zero-order valence-electron chi connectivity index (χ0n) is 22.8. The van der Waals surface area contributed by atoms with Gasteiger partial charge in [-0.05, 0) is 23.8 Å². The number of aromatic hydroxyl groups is 1. The molecule has 2 saturated heterocycles. The summed E-state index contributed by atoms with van der Waals surface area (Å²) < 4.78 is 37.8. The van der Waals surface area contributed by atoms with E-state index in [1.807, 2.05) is 0 Å². The van der Waals surface area contributed by atoms with Gasteiger partial charge in [-0.15, -0.1) is 6.58 Å². The summed E-state index contributed by atoms with van der Waals surface area (Å²) in [4.78, 5) is 36.7. The van der Waals surface area contributed by atoms with Crippen molar-refractivity contribution in [1.29, 1.82) is 0 Å². The highest BCUT2D eigenvalue weighted by Crippen LogP contribution is 2.42. The average Bonchev–Trinajstić information content (AvgIpc) is 2.95. The standard InChI is InChI=1S/C28H32O14/c1-4-16-26(38-13-17-25(34)37-10-9-28(16,17)35)42-27-24(39-14(2)30)22(33)23(20(12-29)40-27)41-21(32)8-6-15-5-7-18(31)19(11-15)36-3/h4-8,11,13,16,20,22-24,26-27,29,31,33,35H,1,9-10,12H2,2-3H3/b8-6+/t16-,20+,22-,23+,24+,26-,27-,28+/m0/s1. The Morgan fingerprint density at radius 1 is 1.21 bits per heavy atom. The Bertz CT molecular complexity index is 1260. The molecule has 228 valence electrons. The molecule has 0 spiro atoms. The molecule has 0 saturated carbocycles. The van der Waals surface area contributed by atoms with Gasteiger partial charge < -0.3 is 53.6 Å². The van der Waals surface area contributed by atoms with Crippen molar-refractivity contribution >= 4 is 24.0 Å². The molecule has 0 amide bonds. The number of benzene rings is 1. The molecule has 8 atom stereocenters. The van der Waals surface area contributed by atoms with Crippen LogP contribution in [0.1, 0.15) is 18.9 Å². The quantitative estimate of drug-likeness (QED) is 0.130. The number of rotatable bonds is 9. The molecule has 0 radical (unpaired) electrons. The van der Waals surface area contributed by atoms with Crippen LogP contribution in [-0.4, -0.2) is 101 Å². The number of esters is 3. The van der Waals surface area contributed by atoms with Crippen LogP contribution < -0.4 is 4.74 Å². The molecule has 2 fully saturated rings. The average molecular weight is 593 g/mol. The molecule has 3 aliphatic heterocycles. The van der Waals surface area contributed by atoms with Gasteiger partial charge in [0.1, 0.15) is 23.4 Å². The van der Waals surface area contributed by atoms with E-state index in [4.69, 9.17) is 33.2 Å². The first-order chi connectivity index (χ1) is 20.0. The Morgan fingerprint density at radius 2 is 1.98 bits per heavy atom. The first kappa shape index (κ1) is 31.0. The number of aliphatic hydroxyl groups excluding tert-OH is 2. The summed E-state index contributed by atoms with van der Waals surface area (Å²) in [5.41, 5.74) is -1.38. The fraction of sp³-hybridized carbons (Fsp3) is 0.464. The first-order valence-corrected chi connectivity index (χ1v) is 12.9. The van der Waals surface area contributed by atoms with Gasteiger partial charge in [0.25, 0.3) is 0 Å². The monoisotopic (exact) mass is 592 g/mol. The highest BCUT2D eigenvalue weighted by Gasteiger charge is 2.55. The number of fused-ring (bicyclic) bond motifs is 1. The molecule has 4 rings (SSSR count). The second kappa shape index (κ2) is 12.9. The number of phenolic OH excluding ortho intramolecular Hbond substituents is 1. The minimum absolute atomic E-state index is 0.0216. The molecule has 3 aliphatic rings. The van der Waals surface area contributed by atoms with Crippen molar-refractivity contribution in [2.75, 3.05) is 20.3 Å². The van der Waals surface area contributed by atoms with E-state index < -0.39 is 73.0 Å². The van der Waals surface area contributed by atoms with Crippen molar-refractivity contribution in [3.05, 3.63) is 54.3 Å². The summed E-state index contributed by atoms with van der Waals surface area (Å²) in [6, 6.07) is 4.36. The Balaban J connectivity index is 1.52. The van der Waals surface area contributed by atoms with Gasteiger partial charge in [-0.25, -0.2) is 9.59 Å². The Morgan fingerprint density at radius 3 is 2.64 bits per heavy atom. The number of ether oxygens (including phenoxy) is 7. The molecule has 1 aromatic carbocycles. The molecule has 4 N–H and O–H groups in total. The van der Waals surface area contributed by atoms with Gasteiger partial charge >= 0.3 is 17.9 Å². The minimum Gasteiger partial charge on any atom is -0.504 e. The van der Waals surface area contributed by atoms with E-state index in [2.05, 4.69) is 6.58 Å². The van der Waals surface area contributed by atoms with E-state index in [0.29, 0.717) is 5.56 Å². The van der Waals surface area contributed by atoms with E-state index in [9.17, 15) is 34.8 Å². The predicted octanol–water partition coefficient (Wildman–Crippen LogP) is 0.0726. The lowest BCUT2D eigenvalue weighted by molar-refractivity contribution is -0.345. The smallest absolute Gasteiger partial charge is 0.340 e. The Kier molecular flexibility index (Phi) is 9.53. The summed E-state index contributed by atoms with van der Waals surface area (Å²) in [6.07, 6.45) is -4.30. The normalized spacial score (nSPS) is 32.5. The van der Waals surface area contributed by atoms with Crippen LogP contribution in [0.4, 0.5) is 0 Å². The van der Waals surface area contributed by atoms with E-state index in [0.717, 1.165) is 19.3 Å². The van der Waals surface area contributed by atoms with Crippen LogP contribution in [0.5, 0.6) is 11.5 Å². The number of phenols is 1. The maximum Gasteiger partial charge on any atom is 0.340 e. The molecule has 3 heterocycles. The largest absolute Gasteiger partial charge is 0.504 e. The molecule has 0 bridgehead atoms. The van der Waals surface area contributed by atoms with E-state index >= 15 is 0 Å². The second-order valence-electron chi connectivity index (χ2n) is 9.70. The van der Waals surface area contributed by atoms with Crippen molar-refractivity contribution in [2.24, 2.45) is 5.92 Å². The number of carbonyl (C=O) groups is 3. The molecule has 0 aromatic heterocycles. The van der Waals surface area contributed by atoms with Crippen LogP contribution in [0.3, 0.4) is 0 Å². The minimum atomic E-state index is -1.74. The molecule has 14 heteroatoms. The third-order valence-corrected chi connectivity index (χ3v) is 7.06. The number of carbonyl (C=O) groups excluding carboxylic acids is 3. The number of hydrogen-bond donors (Lipinski definition) is 4. The zero-order chi connectivity index (χ0) is 30.6. The Hall–Kier alpha value is -3.95. The van der Waals surface area contributed by atoms with Crippen molar-refractivity contribution in [3.8, 4) is 11.5 Å². The van der Waals surface area contributed by atoms with E-state index in [1.165, 1.54) is 37.5 Å². The molecular weight excluding hydrogens is 560 g/mol. The van der Waals surface area contributed by atoms with Crippen LogP contribution in [0.25, 0.3) is 6.08 Å². The number of methoxy groups -OCH3 is 1. The Labute approximate surface area is 240 Å². The van der Waals surface area contributed by atoms with Crippen molar-refractivity contribution in [2.45, 2.75) is 55.9 Å². The maximum atomic E-state index is 12.6. The van der Waals surface area contributed by atoms with Crippen LogP contribution in [0, 0.1) is 5.92 Å². The highest BCUT2D eigenvalue weighted by atomic mass is 16.8. The van der Waals surface area contributed by atoms with Crippen molar-refractivity contribution in [3.63, 3.8) is 0 Å². The first-order valence-electron chi connectivity index (χ1n) is 12.9. The molecule has 0 aliphatic carbocycles. The highest BCUT2D eigenvalue weighted by molar-refractivity contribution is 5.91. The molecule has 14 nitrogen and oxygen atoms in total. The third kappa shape index (κ3) is 6.27. The lowest BCUT2D eigenvalue weighted by Crippen LogP contribution is -2.63. The zero-order valence-corrected chi connectivity index (χ0v) is 22.8. The van der Waals surface area contributed by atoms with E-state index in [-0.39, 0.29) is 30.1 Å². The summed E-state index contributed by atoms with van der Waals surface area (Å²) in [6.45, 7) is 3.98. The van der Waals surface area contributed by atoms with Gasteiger partial charge in [-0.2, -0.15) is 0 Å². The summed E-state index contributed by atoms with van der Waals surface area (Å²) in [5, 5.41) is 42.2. The molecule has 0 unspecified atom stereocenters. The van der Waals surface area contributed by atoms with Crippen LogP contribution in [0.15, 0.2) is 48.8 Å². The van der Waals surface area contributed by atoms with Crippen LogP contribution >= 0.6 is 0 Å². The lowest BCUT2D eigenvalue weighted by Gasteiger charge is -2.47. The lowest BCUT2D eigenvalue weighted by atomic mass is 9.76. The van der Waals surface area contributed by atoms with Gasteiger partial charge in [-0.1, -0.05) is 12.1 Å². The van der Waals surface area contributed by atoms with Crippen molar-refractivity contribution < 1.29 is 68.0 Å². The summed E-state index contributed by atoms with van der Waals surface area (Å²) >= 11 is 0. The third-order valence-electron chi connectivity index (χ3n) is 7.06. The fourth-order valence-electron chi connectivity index (χ4n) is 4.93. The molecule has 1 aromatic rings. The van der Waals surface area contributed by atoms with Gasteiger partial charge in [-0.3, -0.25) is 4.79 Å². The van der Waals surface area contributed by atoms with Gasteiger partial charge in [0.15, 0.2) is 23.7 Å². The second-order valence-corrected chi connectivity index (χ2v) is 9.70. The molecular formula is C28H32O14. The topological polar surface area (TPSA) is 197 Å².